The van der Waals surface area contributed by atoms with Gasteiger partial charge in [0.25, 0.3) is 0 Å². The standard InChI is InChI=1S/C16H18Cl2N2O2/c1-15(10-16(15,17)18)14(22)19-12-8-5-9-20(13(12)21)11-6-3-2-4-7-11/h2-4,6-7,12H,5,8-10H2,1H3,(H,19,22)/t12-,15+/m1/s1. The second kappa shape index (κ2) is 5.43. The lowest BCUT2D eigenvalue weighted by atomic mass is 10.0. The number of piperidine rings is 1. The Morgan fingerprint density at radius 2 is 1.95 bits per heavy atom. The van der Waals surface area contributed by atoms with Crippen molar-refractivity contribution in [3.63, 3.8) is 0 Å². The number of hydrogen-bond donors (Lipinski definition) is 1. The zero-order valence-corrected chi connectivity index (χ0v) is 13.8. The van der Waals surface area contributed by atoms with Crippen LogP contribution >= 0.6 is 23.2 Å². The van der Waals surface area contributed by atoms with E-state index < -0.39 is 15.8 Å². The first-order valence-electron chi connectivity index (χ1n) is 7.40. The van der Waals surface area contributed by atoms with E-state index >= 15 is 0 Å². The maximum absolute atomic E-state index is 12.6. The molecule has 0 unspecified atom stereocenters. The predicted octanol–water partition coefficient (Wildman–Crippen LogP) is 2.88. The smallest absolute Gasteiger partial charge is 0.249 e. The molecule has 0 spiro atoms. The molecule has 3 rings (SSSR count). The molecule has 1 aromatic carbocycles. The summed E-state index contributed by atoms with van der Waals surface area (Å²) in [6.07, 6.45) is 1.90. The van der Waals surface area contributed by atoms with Crippen molar-refractivity contribution in [1.82, 2.24) is 5.32 Å². The Balaban J connectivity index is 1.70. The number of rotatable bonds is 3. The molecule has 1 saturated heterocycles. The number of alkyl halides is 2. The van der Waals surface area contributed by atoms with Crippen molar-refractivity contribution in [3.05, 3.63) is 30.3 Å². The number of nitrogens with one attached hydrogen (secondary N) is 1. The number of benzene rings is 1. The second-order valence-electron chi connectivity index (χ2n) is 6.21. The minimum Gasteiger partial charge on any atom is -0.344 e. The van der Waals surface area contributed by atoms with E-state index in [1.807, 2.05) is 30.3 Å². The summed E-state index contributed by atoms with van der Waals surface area (Å²) >= 11 is 12.1. The fourth-order valence-electron chi connectivity index (χ4n) is 2.84. The van der Waals surface area contributed by atoms with Gasteiger partial charge in [-0.25, -0.2) is 0 Å². The molecule has 0 aromatic heterocycles. The molecule has 118 valence electrons. The summed E-state index contributed by atoms with van der Waals surface area (Å²) in [5.41, 5.74) is 0.0546. The van der Waals surface area contributed by atoms with Gasteiger partial charge in [-0.1, -0.05) is 18.2 Å². The molecule has 6 heteroatoms. The first-order valence-corrected chi connectivity index (χ1v) is 8.16. The molecule has 1 aromatic rings. The normalized spacial score (nSPS) is 30.0. The Morgan fingerprint density at radius 3 is 2.55 bits per heavy atom. The molecule has 1 saturated carbocycles. The molecule has 2 fully saturated rings. The third-order valence-electron chi connectivity index (χ3n) is 4.57. The number of para-hydroxylation sites is 1. The summed E-state index contributed by atoms with van der Waals surface area (Å²) in [5, 5.41) is 2.83. The van der Waals surface area contributed by atoms with E-state index in [1.54, 1.807) is 11.8 Å². The summed E-state index contributed by atoms with van der Waals surface area (Å²) in [6.45, 7) is 2.39. The summed E-state index contributed by atoms with van der Waals surface area (Å²) in [6, 6.07) is 8.98. The molecule has 4 nitrogen and oxygen atoms in total. The average molecular weight is 341 g/mol. The van der Waals surface area contributed by atoms with Crippen molar-refractivity contribution >= 4 is 40.7 Å². The van der Waals surface area contributed by atoms with Crippen LogP contribution in [0.4, 0.5) is 5.69 Å². The van der Waals surface area contributed by atoms with Crippen LogP contribution in [0.15, 0.2) is 30.3 Å². The highest BCUT2D eigenvalue weighted by molar-refractivity contribution is 6.53. The van der Waals surface area contributed by atoms with Crippen LogP contribution in [0.2, 0.25) is 0 Å². The van der Waals surface area contributed by atoms with Crippen LogP contribution in [0.3, 0.4) is 0 Å². The lowest BCUT2D eigenvalue weighted by molar-refractivity contribution is -0.131. The molecule has 22 heavy (non-hydrogen) atoms. The topological polar surface area (TPSA) is 49.4 Å². The molecule has 0 bridgehead atoms. The number of hydrogen-bond acceptors (Lipinski definition) is 2. The van der Waals surface area contributed by atoms with Gasteiger partial charge in [0.05, 0.1) is 5.41 Å². The zero-order chi connectivity index (χ0) is 16.0. The Hall–Kier alpha value is -1.26. The van der Waals surface area contributed by atoms with Crippen molar-refractivity contribution < 1.29 is 9.59 Å². The largest absolute Gasteiger partial charge is 0.344 e. The summed E-state index contributed by atoms with van der Waals surface area (Å²) in [4.78, 5) is 26.7. The molecule has 2 atom stereocenters. The molecule has 2 amide bonds. The van der Waals surface area contributed by atoms with Crippen molar-refractivity contribution in [2.45, 2.75) is 36.6 Å². The number of amides is 2. The van der Waals surface area contributed by atoms with E-state index in [-0.39, 0.29) is 11.8 Å². The zero-order valence-electron chi connectivity index (χ0n) is 12.3. The van der Waals surface area contributed by atoms with Gasteiger partial charge in [0.2, 0.25) is 11.8 Å². The van der Waals surface area contributed by atoms with Gasteiger partial charge in [0, 0.05) is 12.2 Å². The number of carbonyl (C=O) groups excluding carboxylic acids is 2. The molecule has 1 heterocycles. The van der Waals surface area contributed by atoms with Crippen molar-refractivity contribution in [1.29, 1.82) is 0 Å². The Bertz CT molecular complexity index is 605. The number of halogens is 2. The van der Waals surface area contributed by atoms with E-state index in [1.165, 1.54) is 0 Å². The van der Waals surface area contributed by atoms with E-state index in [2.05, 4.69) is 5.32 Å². The van der Waals surface area contributed by atoms with E-state index in [0.29, 0.717) is 19.4 Å². The van der Waals surface area contributed by atoms with E-state index in [4.69, 9.17) is 23.2 Å². The molecular weight excluding hydrogens is 323 g/mol. The van der Waals surface area contributed by atoms with Gasteiger partial charge in [0.15, 0.2) is 0 Å². The summed E-state index contributed by atoms with van der Waals surface area (Å²) in [5.74, 6) is -0.324. The van der Waals surface area contributed by atoms with Crippen LogP contribution < -0.4 is 10.2 Å². The Morgan fingerprint density at radius 1 is 1.32 bits per heavy atom. The lowest BCUT2D eigenvalue weighted by Gasteiger charge is -2.33. The van der Waals surface area contributed by atoms with Crippen molar-refractivity contribution in [2.75, 3.05) is 11.4 Å². The molecule has 1 aliphatic carbocycles. The van der Waals surface area contributed by atoms with Gasteiger partial charge < -0.3 is 10.2 Å². The van der Waals surface area contributed by atoms with Crippen LogP contribution in [0.25, 0.3) is 0 Å². The molecular formula is C16H18Cl2N2O2. The molecule has 0 radical (unpaired) electrons. The minimum atomic E-state index is -1.02. The van der Waals surface area contributed by atoms with Gasteiger partial charge in [0.1, 0.15) is 10.4 Å². The highest BCUT2D eigenvalue weighted by Crippen LogP contribution is 2.63. The van der Waals surface area contributed by atoms with Crippen LogP contribution in [0.1, 0.15) is 26.2 Å². The molecule has 1 N–H and O–H groups in total. The first-order chi connectivity index (χ1) is 10.3. The monoisotopic (exact) mass is 340 g/mol. The van der Waals surface area contributed by atoms with Gasteiger partial charge >= 0.3 is 0 Å². The minimum absolute atomic E-state index is 0.0789. The fraction of sp³-hybridized carbons (Fsp3) is 0.500. The maximum atomic E-state index is 12.6. The lowest BCUT2D eigenvalue weighted by Crippen LogP contribution is -2.54. The SMILES string of the molecule is C[C@@]1(C(=O)N[C@@H]2CCCN(c3ccccc3)C2=O)CC1(Cl)Cl. The van der Waals surface area contributed by atoms with Gasteiger partial charge in [-0.15, -0.1) is 23.2 Å². The number of carbonyl (C=O) groups is 2. The predicted molar refractivity (Wildman–Crippen MR) is 87.1 cm³/mol. The van der Waals surface area contributed by atoms with Gasteiger partial charge in [-0.05, 0) is 38.3 Å². The van der Waals surface area contributed by atoms with Gasteiger partial charge in [-0.2, -0.15) is 0 Å². The highest BCUT2D eigenvalue weighted by Gasteiger charge is 2.68. The van der Waals surface area contributed by atoms with Crippen molar-refractivity contribution in [2.24, 2.45) is 5.41 Å². The van der Waals surface area contributed by atoms with Crippen LogP contribution in [-0.4, -0.2) is 28.7 Å². The number of anilines is 1. The third kappa shape index (κ3) is 2.59. The van der Waals surface area contributed by atoms with Crippen LogP contribution in [0.5, 0.6) is 0 Å². The summed E-state index contributed by atoms with van der Waals surface area (Å²) < 4.78 is -1.02. The Labute approximate surface area is 139 Å². The van der Waals surface area contributed by atoms with Gasteiger partial charge in [-0.3, -0.25) is 9.59 Å². The highest BCUT2D eigenvalue weighted by atomic mass is 35.5. The van der Waals surface area contributed by atoms with Crippen LogP contribution in [0, 0.1) is 5.41 Å². The van der Waals surface area contributed by atoms with E-state index in [9.17, 15) is 9.59 Å². The second-order valence-corrected chi connectivity index (χ2v) is 7.69. The number of nitrogens with zero attached hydrogens (tertiary/aromatic N) is 1. The molecule has 2 aliphatic rings. The quantitative estimate of drug-likeness (QED) is 0.860. The first kappa shape index (κ1) is 15.6. The van der Waals surface area contributed by atoms with Crippen LogP contribution in [-0.2, 0) is 9.59 Å². The van der Waals surface area contributed by atoms with Crippen molar-refractivity contribution in [3.8, 4) is 0 Å². The Kier molecular flexibility index (Phi) is 3.86. The third-order valence-corrected chi connectivity index (χ3v) is 5.67. The molecule has 1 aliphatic heterocycles. The summed E-state index contributed by atoms with van der Waals surface area (Å²) in [7, 11) is 0. The van der Waals surface area contributed by atoms with E-state index in [0.717, 1.165) is 12.1 Å². The average Bonchev–Trinajstić information content (AvgIpc) is 3.02. The fourth-order valence-corrected chi connectivity index (χ4v) is 3.54. The maximum Gasteiger partial charge on any atom is 0.249 e.